The van der Waals surface area contributed by atoms with E-state index in [1.165, 1.54) is 6.07 Å². The molecule has 0 aliphatic heterocycles. The van der Waals surface area contributed by atoms with Gasteiger partial charge in [-0.25, -0.2) is 8.42 Å². The Morgan fingerprint density at radius 1 is 1.54 bits per heavy atom. The molecule has 0 saturated heterocycles. The number of nitrogens with one attached hydrogen (secondary N) is 1. The molecular weight excluding hydrogens is 214 g/mol. The SMILES string of the molecule is CCc1cc(S(=O)(=O)Cl)c[nH]c1=O. The Kier molecular flexibility index (Phi) is 2.77. The molecule has 0 bridgehead atoms. The standard InChI is InChI=1S/C7H8ClNO3S/c1-2-5-3-6(13(8,11)12)4-9-7(5)10/h3-4H,2H2,1H3,(H,9,10). The fourth-order valence-electron chi connectivity index (χ4n) is 0.912. The van der Waals surface area contributed by atoms with Crippen LogP contribution in [0.5, 0.6) is 0 Å². The highest BCUT2D eigenvalue weighted by Crippen LogP contribution is 2.12. The number of pyridine rings is 1. The van der Waals surface area contributed by atoms with E-state index < -0.39 is 9.05 Å². The Balaban J connectivity index is 3.39. The number of aromatic nitrogens is 1. The van der Waals surface area contributed by atoms with Crippen LogP contribution >= 0.6 is 10.7 Å². The maximum Gasteiger partial charge on any atom is 0.262 e. The molecule has 0 aromatic carbocycles. The second kappa shape index (κ2) is 3.51. The van der Waals surface area contributed by atoms with Crippen LogP contribution in [0.2, 0.25) is 0 Å². The minimum absolute atomic E-state index is 0.0781. The number of halogens is 1. The molecule has 0 amide bonds. The lowest BCUT2D eigenvalue weighted by atomic mass is 10.2. The van der Waals surface area contributed by atoms with Crippen molar-refractivity contribution in [1.82, 2.24) is 4.98 Å². The lowest BCUT2D eigenvalue weighted by Crippen LogP contribution is -2.12. The molecule has 0 aliphatic carbocycles. The van der Waals surface area contributed by atoms with Crippen LogP contribution < -0.4 is 5.56 Å². The van der Waals surface area contributed by atoms with Gasteiger partial charge in [-0.3, -0.25) is 4.79 Å². The van der Waals surface area contributed by atoms with Gasteiger partial charge in [0.25, 0.3) is 14.6 Å². The molecule has 4 nitrogen and oxygen atoms in total. The monoisotopic (exact) mass is 221 g/mol. The van der Waals surface area contributed by atoms with E-state index in [1.54, 1.807) is 6.92 Å². The maximum absolute atomic E-state index is 11.0. The molecule has 1 N–H and O–H groups in total. The zero-order valence-corrected chi connectivity index (χ0v) is 8.45. The summed E-state index contributed by atoms with van der Waals surface area (Å²) in [6, 6.07) is 1.28. The van der Waals surface area contributed by atoms with Crippen LogP contribution in [0.15, 0.2) is 22.0 Å². The minimum Gasteiger partial charge on any atom is -0.328 e. The van der Waals surface area contributed by atoms with Crippen molar-refractivity contribution in [2.24, 2.45) is 0 Å². The van der Waals surface area contributed by atoms with Crippen molar-refractivity contribution < 1.29 is 8.42 Å². The second-order valence-corrected chi connectivity index (χ2v) is 5.05. The molecule has 0 aliphatic rings. The van der Waals surface area contributed by atoms with E-state index in [-0.39, 0.29) is 10.5 Å². The van der Waals surface area contributed by atoms with Crippen LogP contribution in [0.4, 0.5) is 0 Å². The zero-order chi connectivity index (χ0) is 10.1. The third-order valence-electron chi connectivity index (χ3n) is 1.62. The Morgan fingerprint density at radius 3 is 2.62 bits per heavy atom. The third kappa shape index (κ3) is 2.32. The summed E-state index contributed by atoms with van der Waals surface area (Å²) in [6.45, 7) is 1.76. The minimum atomic E-state index is -3.75. The average Bonchev–Trinajstić information content (AvgIpc) is 2.03. The van der Waals surface area contributed by atoms with Crippen molar-refractivity contribution in [3.63, 3.8) is 0 Å². The van der Waals surface area contributed by atoms with Gasteiger partial charge in [-0.05, 0) is 12.5 Å². The van der Waals surface area contributed by atoms with Gasteiger partial charge in [0, 0.05) is 22.4 Å². The number of hydrogen-bond acceptors (Lipinski definition) is 3. The summed E-state index contributed by atoms with van der Waals surface area (Å²) in [5.74, 6) is 0. The highest BCUT2D eigenvalue weighted by atomic mass is 35.7. The molecule has 1 heterocycles. The first kappa shape index (κ1) is 10.3. The Labute approximate surface area is 80.0 Å². The van der Waals surface area contributed by atoms with Gasteiger partial charge in [-0.1, -0.05) is 6.92 Å². The van der Waals surface area contributed by atoms with E-state index in [0.717, 1.165) is 6.20 Å². The number of H-pyrrole nitrogens is 1. The summed E-state index contributed by atoms with van der Waals surface area (Å²) < 4.78 is 21.7. The lowest BCUT2D eigenvalue weighted by molar-refractivity contribution is 0.609. The van der Waals surface area contributed by atoms with Crippen molar-refractivity contribution in [2.45, 2.75) is 18.2 Å². The molecule has 0 saturated carbocycles. The topological polar surface area (TPSA) is 67.0 Å². The van der Waals surface area contributed by atoms with Gasteiger partial charge < -0.3 is 4.98 Å². The molecule has 0 atom stereocenters. The summed E-state index contributed by atoms with van der Waals surface area (Å²) in [7, 11) is 1.34. The first-order valence-electron chi connectivity index (χ1n) is 3.61. The van der Waals surface area contributed by atoms with Crippen LogP contribution in [0.3, 0.4) is 0 Å². The molecule has 1 aromatic rings. The summed E-state index contributed by atoms with van der Waals surface area (Å²) in [6.07, 6.45) is 1.55. The van der Waals surface area contributed by atoms with Gasteiger partial charge in [0.2, 0.25) is 0 Å². The fourth-order valence-corrected chi connectivity index (χ4v) is 1.66. The smallest absolute Gasteiger partial charge is 0.262 e. The third-order valence-corrected chi connectivity index (χ3v) is 2.95. The van der Waals surface area contributed by atoms with Crippen LogP contribution in [0.1, 0.15) is 12.5 Å². The van der Waals surface area contributed by atoms with Crippen molar-refractivity contribution >= 4 is 19.7 Å². The van der Waals surface area contributed by atoms with Crippen LogP contribution in [-0.2, 0) is 15.5 Å². The van der Waals surface area contributed by atoms with Crippen molar-refractivity contribution in [2.75, 3.05) is 0 Å². The molecule has 0 spiro atoms. The maximum atomic E-state index is 11.0. The Morgan fingerprint density at radius 2 is 2.15 bits per heavy atom. The largest absolute Gasteiger partial charge is 0.328 e. The highest BCUT2D eigenvalue weighted by Gasteiger charge is 2.11. The van der Waals surface area contributed by atoms with E-state index in [0.29, 0.717) is 12.0 Å². The van der Waals surface area contributed by atoms with Gasteiger partial charge in [0.05, 0.1) is 4.90 Å². The second-order valence-electron chi connectivity index (χ2n) is 2.48. The van der Waals surface area contributed by atoms with E-state index in [4.69, 9.17) is 10.7 Å². The number of aryl methyl sites for hydroxylation is 1. The molecular formula is C7H8ClNO3S. The van der Waals surface area contributed by atoms with Gasteiger partial charge in [-0.15, -0.1) is 0 Å². The summed E-state index contributed by atoms with van der Waals surface area (Å²) in [4.78, 5) is 13.3. The summed E-state index contributed by atoms with van der Waals surface area (Å²) in [5, 5.41) is 0. The average molecular weight is 222 g/mol. The molecule has 0 fully saturated rings. The first-order chi connectivity index (χ1) is 5.95. The molecule has 72 valence electrons. The predicted molar refractivity (Wildman–Crippen MR) is 49.5 cm³/mol. The van der Waals surface area contributed by atoms with E-state index in [9.17, 15) is 13.2 Å². The first-order valence-corrected chi connectivity index (χ1v) is 5.92. The van der Waals surface area contributed by atoms with Gasteiger partial charge in [-0.2, -0.15) is 0 Å². The zero-order valence-electron chi connectivity index (χ0n) is 6.87. The Bertz CT molecular complexity index is 463. The molecule has 0 radical (unpaired) electrons. The predicted octanol–water partition coefficient (Wildman–Crippen LogP) is 0.865. The molecule has 1 aromatic heterocycles. The molecule has 13 heavy (non-hydrogen) atoms. The molecule has 6 heteroatoms. The van der Waals surface area contributed by atoms with Gasteiger partial charge >= 0.3 is 0 Å². The molecule has 1 rings (SSSR count). The quantitative estimate of drug-likeness (QED) is 0.754. The summed E-state index contributed by atoms with van der Waals surface area (Å²) >= 11 is 0. The van der Waals surface area contributed by atoms with Crippen LogP contribution in [0, 0.1) is 0 Å². The number of aromatic amines is 1. The summed E-state index contributed by atoms with van der Waals surface area (Å²) in [5.41, 5.74) is 0.119. The number of hydrogen-bond donors (Lipinski definition) is 1. The van der Waals surface area contributed by atoms with E-state index >= 15 is 0 Å². The number of rotatable bonds is 2. The van der Waals surface area contributed by atoms with E-state index in [1.807, 2.05) is 0 Å². The van der Waals surface area contributed by atoms with Crippen LogP contribution in [-0.4, -0.2) is 13.4 Å². The normalized spacial score (nSPS) is 11.5. The molecule has 0 unspecified atom stereocenters. The fraction of sp³-hybridized carbons (Fsp3) is 0.286. The van der Waals surface area contributed by atoms with Crippen molar-refractivity contribution in [1.29, 1.82) is 0 Å². The van der Waals surface area contributed by atoms with Crippen LogP contribution in [0.25, 0.3) is 0 Å². The van der Waals surface area contributed by atoms with E-state index in [2.05, 4.69) is 4.98 Å². The lowest BCUT2D eigenvalue weighted by Gasteiger charge is -1.98. The van der Waals surface area contributed by atoms with Gasteiger partial charge in [0.15, 0.2) is 0 Å². The van der Waals surface area contributed by atoms with Gasteiger partial charge in [0.1, 0.15) is 0 Å². The Hall–Kier alpha value is -0.810. The van der Waals surface area contributed by atoms with Crippen molar-refractivity contribution in [3.05, 3.63) is 28.2 Å². The van der Waals surface area contributed by atoms with Crippen molar-refractivity contribution in [3.8, 4) is 0 Å². The highest BCUT2D eigenvalue weighted by molar-refractivity contribution is 8.13.